The van der Waals surface area contributed by atoms with Crippen molar-refractivity contribution in [3.63, 3.8) is 0 Å². The molecule has 0 amide bonds. The fourth-order valence-corrected chi connectivity index (χ4v) is 2.16. The molecular formula is C15H14BrF2NO. The topological polar surface area (TPSA) is 21.3 Å². The number of alkyl halides is 2. The molecule has 5 heteroatoms. The van der Waals surface area contributed by atoms with Crippen LogP contribution in [0.15, 0.2) is 46.9 Å². The van der Waals surface area contributed by atoms with Crippen LogP contribution in [0, 0.1) is 0 Å². The van der Waals surface area contributed by atoms with Gasteiger partial charge in [-0.05, 0) is 23.8 Å². The number of benzene rings is 2. The summed E-state index contributed by atoms with van der Waals surface area (Å²) in [5.41, 5.74) is 1.81. The van der Waals surface area contributed by atoms with Crippen LogP contribution >= 0.6 is 15.9 Å². The Labute approximate surface area is 124 Å². The normalized spacial score (nSPS) is 10.7. The third-order valence-electron chi connectivity index (χ3n) is 2.88. The molecule has 0 spiro atoms. The fourth-order valence-electron chi connectivity index (χ4n) is 1.80. The highest BCUT2D eigenvalue weighted by molar-refractivity contribution is 9.10. The lowest BCUT2D eigenvalue weighted by Gasteiger charge is -2.12. The second kappa shape index (κ2) is 6.70. The van der Waals surface area contributed by atoms with Gasteiger partial charge in [0.05, 0.1) is 12.8 Å². The predicted octanol–water partition coefficient (Wildman–Crippen LogP) is 5.01. The molecule has 0 heterocycles. The Kier molecular flexibility index (Phi) is 4.95. The van der Waals surface area contributed by atoms with E-state index in [2.05, 4.69) is 21.2 Å². The third kappa shape index (κ3) is 3.70. The number of hydrogen-bond acceptors (Lipinski definition) is 2. The van der Waals surface area contributed by atoms with Gasteiger partial charge in [-0.1, -0.05) is 40.2 Å². The number of rotatable bonds is 5. The summed E-state index contributed by atoms with van der Waals surface area (Å²) in [5, 5.41) is 3.23. The van der Waals surface area contributed by atoms with Crippen LogP contribution in [0.5, 0.6) is 5.75 Å². The lowest BCUT2D eigenvalue weighted by molar-refractivity contribution is 0.151. The van der Waals surface area contributed by atoms with Crippen LogP contribution < -0.4 is 10.1 Å². The molecule has 0 saturated carbocycles. The van der Waals surface area contributed by atoms with Gasteiger partial charge in [-0.2, -0.15) is 0 Å². The van der Waals surface area contributed by atoms with E-state index in [1.165, 1.54) is 12.1 Å². The van der Waals surface area contributed by atoms with Crippen molar-refractivity contribution in [3.8, 4) is 5.75 Å². The predicted molar refractivity (Wildman–Crippen MR) is 79.4 cm³/mol. The third-order valence-corrected chi connectivity index (χ3v) is 3.37. The van der Waals surface area contributed by atoms with E-state index in [4.69, 9.17) is 4.74 Å². The van der Waals surface area contributed by atoms with E-state index in [9.17, 15) is 8.78 Å². The minimum atomic E-state index is -2.43. The van der Waals surface area contributed by atoms with Crippen LogP contribution in [0.25, 0.3) is 0 Å². The largest absolute Gasteiger partial charge is 0.495 e. The van der Waals surface area contributed by atoms with Crippen LogP contribution in [-0.2, 0) is 6.54 Å². The van der Waals surface area contributed by atoms with Crippen molar-refractivity contribution >= 4 is 21.6 Å². The van der Waals surface area contributed by atoms with E-state index in [1.54, 1.807) is 19.2 Å². The van der Waals surface area contributed by atoms with Gasteiger partial charge < -0.3 is 10.1 Å². The number of anilines is 1. The first-order valence-electron chi connectivity index (χ1n) is 6.04. The molecule has 106 valence electrons. The smallest absolute Gasteiger partial charge is 0.263 e. The number of methoxy groups -OCH3 is 1. The Bertz CT molecular complexity index is 573. The van der Waals surface area contributed by atoms with Crippen molar-refractivity contribution in [2.24, 2.45) is 0 Å². The summed E-state index contributed by atoms with van der Waals surface area (Å²) in [5.74, 6) is 0.734. The van der Waals surface area contributed by atoms with Crippen LogP contribution in [-0.4, -0.2) is 7.11 Å². The molecule has 0 aromatic heterocycles. The minimum Gasteiger partial charge on any atom is -0.495 e. The van der Waals surface area contributed by atoms with E-state index in [-0.39, 0.29) is 5.56 Å². The van der Waals surface area contributed by atoms with Crippen molar-refractivity contribution in [1.82, 2.24) is 0 Å². The average Bonchev–Trinajstić information content (AvgIpc) is 2.45. The Morgan fingerprint density at radius 3 is 2.45 bits per heavy atom. The Balaban J connectivity index is 2.06. The lowest BCUT2D eigenvalue weighted by Crippen LogP contribution is -2.01. The molecule has 0 saturated heterocycles. The second-order valence-corrected chi connectivity index (χ2v) is 5.16. The molecule has 0 unspecified atom stereocenters. The van der Waals surface area contributed by atoms with Crippen LogP contribution in [0.2, 0.25) is 0 Å². The van der Waals surface area contributed by atoms with E-state index >= 15 is 0 Å². The van der Waals surface area contributed by atoms with E-state index in [0.29, 0.717) is 6.54 Å². The maximum absolute atomic E-state index is 12.5. The molecule has 2 nitrogen and oxygen atoms in total. The van der Waals surface area contributed by atoms with Crippen LogP contribution in [0.4, 0.5) is 14.5 Å². The van der Waals surface area contributed by atoms with Gasteiger partial charge in [-0.3, -0.25) is 0 Å². The average molecular weight is 342 g/mol. The molecular weight excluding hydrogens is 328 g/mol. The van der Waals surface area contributed by atoms with Gasteiger partial charge >= 0.3 is 0 Å². The Hall–Kier alpha value is -1.62. The maximum Gasteiger partial charge on any atom is 0.263 e. The van der Waals surface area contributed by atoms with E-state index in [1.807, 2.05) is 18.2 Å². The molecule has 1 N–H and O–H groups in total. The monoisotopic (exact) mass is 341 g/mol. The van der Waals surface area contributed by atoms with Crippen molar-refractivity contribution in [3.05, 3.63) is 58.1 Å². The van der Waals surface area contributed by atoms with Crippen LogP contribution in [0.3, 0.4) is 0 Å². The van der Waals surface area contributed by atoms with Crippen molar-refractivity contribution < 1.29 is 13.5 Å². The summed E-state index contributed by atoms with van der Waals surface area (Å²) in [4.78, 5) is 0. The van der Waals surface area contributed by atoms with Crippen LogP contribution in [0.1, 0.15) is 17.6 Å². The zero-order valence-corrected chi connectivity index (χ0v) is 12.5. The summed E-state index contributed by atoms with van der Waals surface area (Å²) in [6.45, 7) is 0.538. The molecule has 0 bridgehead atoms. The first-order valence-corrected chi connectivity index (χ1v) is 6.84. The molecule has 0 aliphatic heterocycles. The van der Waals surface area contributed by atoms with Gasteiger partial charge in [-0.15, -0.1) is 0 Å². The number of ether oxygens (including phenoxy) is 1. The SMILES string of the molecule is COc1ccc(Br)cc1NCc1ccc(C(F)F)cc1. The highest BCUT2D eigenvalue weighted by Gasteiger charge is 2.07. The van der Waals surface area contributed by atoms with Gasteiger partial charge in [0.2, 0.25) is 0 Å². The summed E-state index contributed by atoms with van der Waals surface area (Å²) in [7, 11) is 1.60. The Morgan fingerprint density at radius 2 is 1.85 bits per heavy atom. The summed E-state index contributed by atoms with van der Waals surface area (Å²) >= 11 is 3.40. The fraction of sp³-hybridized carbons (Fsp3) is 0.200. The lowest BCUT2D eigenvalue weighted by atomic mass is 10.1. The molecule has 0 fully saturated rings. The molecule has 0 aliphatic carbocycles. The highest BCUT2D eigenvalue weighted by Crippen LogP contribution is 2.28. The zero-order chi connectivity index (χ0) is 14.5. The zero-order valence-electron chi connectivity index (χ0n) is 10.9. The van der Waals surface area contributed by atoms with Gasteiger partial charge in [0.15, 0.2) is 0 Å². The number of nitrogens with one attached hydrogen (secondary N) is 1. The number of hydrogen-bond donors (Lipinski definition) is 1. The minimum absolute atomic E-state index is 0.0359. The van der Waals surface area contributed by atoms with Gasteiger partial charge in [-0.25, -0.2) is 8.78 Å². The molecule has 0 atom stereocenters. The quantitative estimate of drug-likeness (QED) is 0.825. The highest BCUT2D eigenvalue weighted by atomic mass is 79.9. The standard InChI is InChI=1S/C15H14BrF2NO/c1-20-14-7-6-12(16)8-13(14)19-9-10-2-4-11(5-3-10)15(17)18/h2-8,15,19H,9H2,1H3. The van der Waals surface area contributed by atoms with Crippen molar-refractivity contribution in [2.75, 3.05) is 12.4 Å². The number of halogens is 3. The maximum atomic E-state index is 12.5. The molecule has 20 heavy (non-hydrogen) atoms. The van der Waals surface area contributed by atoms with E-state index < -0.39 is 6.43 Å². The van der Waals surface area contributed by atoms with Gasteiger partial charge in [0.25, 0.3) is 6.43 Å². The molecule has 0 aliphatic rings. The summed E-state index contributed by atoms with van der Waals surface area (Å²) < 4.78 is 31.1. The Morgan fingerprint density at radius 1 is 1.15 bits per heavy atom. The summed E-state index contributed by atoms with van der Waals surface area (Å²) in [6.07, 6.45) is -2.43. The summed E-state index contributed by atoms with van der Waals surface area (Å²) in [6, 6.07) is 11.9. The van der Waals surface area contributed by atoms with Gasteiger partial charge in [0, 0.05) is 16.6 Å². The molecule has 2 rings (SSSR count). The first kappa shape index (κ1) is 14.8. The van der Waals surface area contributed by atoms with E-state index in [0.717, 1.165) is 21.5 Å². The molecule has 2 aromatic rings. The van der Waals surface area contributed by atoms with Gasteiger partial charge in [0.1, 0.15) is 5.75 Å². The molecule has 0 radical (unpaired) electrons. The molecule has 2 aromatic carbocycles. The van der Waals surface area contributed by atoms with Crippen molar-refractivity contribution in [1.29, 1.82) is 0 Å². The first-order chi connectivity index (χ1) is 9.60. The second-order valence-electron chi connectivity index (χ2n) is 4.24. The van der Waals surface area contributed by atoms with Crippen molar-refractivity contribution in [2.45, 2.75) is 13.0 Å².